The normalized spacial score (nSPS) is 19.9. The smallest absolute Gasteiger partial charge is 0.243 e. The number of rotatable bonds is 13. The van der Waals surface area contributed by atoms with Crippen LogP contribution < -0.4 is 20.1 Å². The highest BCUT2D eigenvalue weighted by Crippen LogP contribution is 2.36. The molecule has 0 aromatic heterocycles. The van der Waals surface area contributed by atoms with Gasteiger partial charge in [-0.25, -0.2) is 8.42 Å². The topological polar surface area (TPSA) is 97.0 Å². The van der Waals surface area contributed by atoms with E-state index < -0.39 is 15.6 Å². The number of aryl methyl sites for hydroxylation is 2. The fraction of sp³-hybridized carbons (Fsp3) is 0.424. The van der Waals surface area contributed by atoms with Crippen LogP contribution in [0, 0.1) is 5.92 Å². The van der Waals surface area contributed by atoms with Crippen molar-refractivity contribution in [2.24, 2.45) is 5.92 Å². The van der Waals surface area contributed by atoms with Gasteiger partial charge in [0.25, 0.3) is 0 Å². The van der Waals surface area contributed by atoms with Gasteiger partial charge in [0.05, 0.1) is 24.7 Å². The Morgan fingerprint density at radius 2 is 1.62 bits per heavy atom. The van der Waals surface area contributed by atoms with Gasteiger partial charge >= 0.3 is 0 Å². The number of nitrogens with zero attached hydrogens (tertiary/aromatic N) is 1. The summed E-state index contributed by atoms with van der Waals surface area (Å²) in [6.45, 7) is 1.73. The monoisotopic (exact) mass is 591 g/mol. The number of amides is 1. The van der Waals surface area contributed by atoms with Gasteiger partial charge in [-0.3, -0.25) is 4.79 Å². The molecular formula is C33H41N3O5S. The molecule has 0 radical (unpaired) electrons. The van der Waals surface area contributed by atoms with Crippen molar-refractivity contribution in [3.8, 4) is 11.5 Å². The molecule has 42 heavy (non-hydrogen) atoms. The first-order valence-electron chi connectivity index (χ1n) is 14.7. The van der Waals surface area contributed by atoms with E-state index in [4.69, 9.17) is 9.47 Å². The SMILES string of the molecule is COc1cccc2c1CC(CNCCN(CC1(NC=O)CCc3cccc(OC)c3C1)S(=O)(=O)c1ccccc1)CC2. The van der Waals surface area contributed by atoms with E-state index >= 15 is 0 Å². The Hall–Kier alpha value is -3.40. The third kappa shape index (κ3) is 6.48. The maximum Gasteiger partial charge on any atom is 0.243 e. The van der Waals surface area contributed by atoms with Crippen molar-refractivity contribution in [2.75, 3.05) is 40.4 Å². The third-order valence-corrected chi connectivity index (χ3v) is 10.7. The molecule has 3 aromatic rings. The minimum atomic E-state index is -3.81. The van der Waals surface area contributed by atoms with Crippen molar-refractivity contribution in [1.82, 2.24) is 14.9 Å². The molecule has 0 spiro atoms. The molecule has 1 amide bonds. The predicted octanol–water partition coefficient (Wildman–Crippen LogP) is 3.76. The van der Waals surface area contributed by atoms with Crippen molar-refractivity contribution < 1.29 is 22.7 Å². The summed E-state index contributed by atoms with van der Waals surface area (Å²) in [5.74, 6) is 2.14. The van der Waals surface area contributed by atoms with Crippen LogP contribution >= 0.6 is 0 Å². The highest BCUT2D eigenvalue weighted by molar-refractivity contribution is 7.89. The van der Waals surface area contributed by atoms with Crippen LogP contribution in [0.25, 0.3) is 0 Å². The third-order valence-electron chi connectivity index (χ3n) is 8.80. The summed E-state index contributed by atoms with van der Waals surface area (Å²) in [6.07, 6.45) is 5.56. The van der Waals surface area contributed by atoms with Gasteiger partial charge in [-0.15, -0.1) is 0 Å². The lowest BCUT2D eigenvalue weighted by molar-refractivity contribution is -0.111. The summed E-state index contributed by atoms with van der Waals surface area (Å²) in [5.41, 5.74) is 4.06. The lowest BCUT2D eigenvalue weighted by Gasteiger charge is -2.41. The van der Waals surface area contributed by atoms with Crippen LogP contribution in [0.5, 0.6) is 11.5 Å². The molecule has 2 aliphatic rings. The Kier molecular flexibility index (Phi) is 9.50. The number of fused-ring (bicyclic) bond motifs is 2. The van der Waals surface area contributed by atoms with E-state index in [9.17, 15) is 13.2 Å². The second kappa shape index (κ2) is 13.3. The zero-order valence-corrected chi connectivity index (χ0v) is 25.3. The van der Waals surface area contributed by atoms with Gasteiger partial charge in [0, 0.05) is 26.1 Å². The molecule has 0 fully saturated rings. The van der Waals surface area contributed by atoms with Crippen LogP contribution in [0.15, 0.2) is 71.6 Å². The first-order valence-corrected chi connectivity index (χ1v) is 16.1. The zero-order chi connectivity index (χ0) is 29.6. The Labute approximate surface area is 249 Å². The maximum absolute atomic E-state index is 14.0. The van der Waals surface area contributed by atoms with Gasteiger partial charge in [-0.1, -0.05) is 42.5 Å². The molecule has 2 N–H and O–H groups in total. The second-order valence-electron chi connectivity index (χ2n) is 11.4. The summed E-state index contributed by atoms with van der Waals surface area (Å²) >= 11 is 0. The molecule has 2 atom stereocenters. The summed E-state index contributed by atoms with van der Waals surface area (Å²) in [6, 6.07) is 20.7. The number of hydrogen-bond donors (Lipinski definition) is 2. The predicted molar refractivity (Wildman–Crippen MR) is 164 cm³/mol. The quantitative estimate of drug-likeness (QED) is 0.232. The van der Waals surface area contributed by atoms with Crippen molar-refractivity contribution in [3.05, 3.63) is 89.0 Å². The Morgan fingerprint density at radius 1 is 0.929 bits per heavy atom. The average Bonchev–Trinajstić information content (AvgIpc) is 3.02. The molecule has 2 unspecified atom stereocenters. The fourth-order valence-corrected chi connectivity index (χ4v) is 8.08. The van der Waals surface area contributed by atoms with Crippen LogP contribution in [0.2, 0.25) is 0 Å². The number of carbonyl (C=O) groups is 1. The number of hydrogen-bond acceptors (Lipinski definition) is 6. The van der Waals surface area contributed by atoms with E-state index in [1.807, 2.05) is 30.3 Å². The molecule has 8 nitrogen and oxygen atoms in total. The first kappa shape index (κ1) is 30.1. The summed E-state index contributed by atoms with van der Waals surface area (Å²) in [7, 11) is -0.463. The van der Waals surface area contributed by atoms with Gasteiger partial charge in [-0.2, -0.15) is 4.31 Å². The molecule has 0 heterocycles. The van der Waals surface area contributed by atoms with E-state index in [1.54, 1.807) is 38.5 Å². The highest BCUT2D eigenvalue weighted by atomic mass is 32.2. The molecule has 0 saturated carbocycles. The number of methoxy groups -OCH3 is 2. The number of nitrogens with one attached hydrogen (secondary N) is 2. The minimum Gasteiger partial charge on any atom is -0.496 e. The zero-order valence-electron chi connectivity index (χ0n) is 24.5. The number of ether oxygens (including phenoxy) is 2. The molecule has 0 aliphatic heterocycles. The van der Waals surface area contributed by atoms with Crippen molar-refractivity contribution in [3.63, 3.8) is 0 Å². The maximum atomic E-state index is 14.0. The molecule has 3 aromatic carbocycles. The van der Waals surface area contributed by atoms with E-state index in [2.05, 4.69) is 22.8 Å². The lowest BCUT2D eigenvalue weighted by Crippen LogP contribution is -2.58. The van der Waals surface area contributed by atoms with Crippen LogP contribution in [-0.4, -0.2) is 65.1 Å². The van der Waals surface area contributed by atoms with Crippen molar-refractivity contribution in [2.45, 2.75) is 49.0 Å². The Bertz CT molecular complexity index is 1450. The molecule has 0 bridgehead atoms. The number of sulfonamides is 1. The Balaban J connectivity index is 1.32. The average molecular weight is 592 g/mol. The van der Waals surface area contributed by atoms with E-state index in [0.717, 1.165) is 49.3 Å². The molecule has 0 saturated heterocycles. The first-order chi connectivity index (χ1) is 20.4. The van der Waals surface area contributed by atoms with Gasteiger partial charge in [0.15, 0.2) is 0 Å². The lowest BCUT2D eigenvalue weighted by atomic mass is 9.77. The molecular weight excluding hydrogens is 550 g/mol. The summed E-state index contributed by atoms with van der Waals surface area (Å²) in [4.78, 5) is 12.1. The molecule has 2 aliphatic carbocycles. The van der Waals surface area contributed by atoms with E-state index in [0.29, 0.717) is 31.7 Å². The molecule has 5 rings (SSSR count). The molecule has 224 valence electrons. The van der Waals surface area contributed by atoms with Gasteiger partial charge in [0.1, 0.15) is 11.5 Å². The van der Waals surface area contributed by atoms with Gasteiger partial charge < -0.3 is 20.1 Å². The molecule has 9 heteroatoms. The highest BCUT2D eigenvalue weighted by Gasteiger charge is 2.40. The van der Waals surface area contributed by atoms with Crippen molar-refractivity contribution >= 4 is 16.4 Å². The van der Waals surface area contributed by atoms with E-state index in [1.165, 1.54) is 21.0 Å². The second-order valence-corrected chi connectivity index (χ2v) is 13.3. The summed E-state index contributed by atoms with van der Waals surface area (Å²) in [5, 5.41) is 6.57. The fourth-order valence-electron chi connectivity index (χ4n) is 6.53. The van der Waals surface area contributed by atoms with E-state index in [-0.39, 0.29) is 18.0 Å². The van der Waals surface area contributed by atoms with Crippen LogP contribution in [0.3, 0.4) is 0 Å². The number of carbonyl (C=O) groups excluding carboxylic acids is 1. The summed E-state index contributed by atoms with van der Waals surface area (Å²) < 4.78 is 40.7. The Morgan fingerprint density at radius 3 is 2.31 bits per heavy atom. The van der Waals surface area contributed by atoms with Gasteiger partial charge in [0.2, 0.25) is 16.4 Å². The number of benzene rings is 3. The van der Waals surface area contributed by atoms with Crippen LogP contribution in [0.4, 0.5) is 0 Å². The largest absolute Gasteiger partial charge is 0.496 e. The standard InChI is InChI=1S/C33H41N3O5S/c1-40-31-12-6-8-26-15-14-25(20-29(26)31)22-34-18-19-36(42(38,39)28-10-4-3-5-11-28)23-33(35-24-37)17-16-27-9-7-13-32(41-2)30(27)21-33/h3-13,24-25,34H,14-23H2,1-2H3,(H,35,37). The van der Waals surface area contributed by atoms with Gasteiger partial charge in [-0.05, 0) is 91.1 Å². The van der Waals surface area contributed by atoms with Crippen LogP contribution in [0.1, 0.15) is 35.1 Å². The van der Waals surface area contributed by atoms with Crippen LogP contribution in [-0.2, 0) is 40.5 Å². The van der Waals surface area contributed by atoms with Crippen molar-refractivity contribution in [1.29, 1.82) is 0 Å². The minimum absolute atomic E-state index is 0.163.